The summed E-state index contributed by atoms with van der Waals surface area (Å²) in [6.45, 7) is 4.34. The molecule has 13 heteroatoms. The molecule has 0 aliphatic carbocycles. The molecule has 0 heterocycles. The van der Waals surface area contributed by atoms with Crippen molar-refractivity contribution in [2.75, 3.05) is 0 Å². The van der Waals surface area contributed by atoms with Crippen molar-refractivity contribution in [1.29, 1.82) is 0 Å². The van der Waals surface area contributed by atoms with E-state index in [0.717, 1.165) is 55.0 Å². The topological polar surface area (TPSA) is 173 Å². The molecule has 2 N–H and O–H groups in total. The van der Waals surface area contributed by atoms with Crippen LogP contribution < -0.4 is 14.6 Å². The van der Waals surface area contributed by atoms with E-state index in [0.29, 0.717) is 11.5 Å². The minimum atomic E-state index is -4.64. The first-order valence-corrected chi connectivity index (χ1v) is 18.8. The number of aromatic hydroxyl groups is 1. The number of phenols is 1. The first kappa shape index (κ1) is 42.3. The Labute approximate surface area is 319 Å². The minimum absolute atomic E-state index is 0. The van der Waals surface area contributed by atoms with Gasteiger partial charge < -0.3 is 24.2 Å². The molecule has 49 heavy (non-hydrogen) atoms. The fourth-order valence-electron chi connectivity index (χ4n) is 4.77. The zero-order valence-corrected chi connectivity index (χ0v) is 31.7. The molecule has 0 atom stereocenters. The number of hydrogen-bond donors (Lipinski definition) is 2. The molecule has 0 aliphatic rings. The van der Waals surface area contributed by atoms with Crippen LogP contribution in [0.4, 0.5) is 0 Å². The van der Waals surface area contributed by atoms with Crippen molar-refractivity contribution >= 4 is 58.0 Å². The van der Waals surface area contributed by atoms with E-state index in [-0.39, 0.29) is 59.9 Å². The Balaban J connectivity index is 0.000000333. The third-order valence-corrected chi connectivity index (χ3v) is 9.00. The Morgan fingerprint density at radius 3 is 1.57 bits per heavy atom. The summed E-state index contributed by atoms with van der Waals surface area (Å²) in [4.78, 5) is -0.929. The van der Waals surface area contributed by atoms with Crippen LogP contribution in [0, 0.1) is 0 Å². The maximum atomic E-state index is 11.9. The van der Waals surface area contributed by atoms with Crippen LogP contribution in [-0.4, -0.2) is 68.8 Å². The van der Waals surface area contributed by atoms with Gasteiger partial charge >= 0.3 is 37.7 Å². The van der Waals surface area contributed by atoms with Gasteiger partial charge in [0, 0.05) is 6.07 Å². The molecule has 0 aliphatic heterocycles. The van der Waals surface area contributed by atoms with E-state index in [1.165, 1.54) is 56.7 Å². The molecule has 0 bridgehead atoms. The molecule has 0 saturated carbocycles. The van der Waals surface area contributed by atoms with E-state index in [9.17, 15) is 31.6 Å². The molecule has 10 nitrogen and oxygen atoms in total. The molecule has 4 aromatic rings. The Hall–Kier alpha value is -2.84. The van der Waals surface area contributed by atoms with E-state index in [2.05, 4.69) is 13.8 Å². The van der Waals surface area contributed by atoms with Crippen molar-refractivity contribution in [3.05, 3.63) is 96.1 Å². The van der Waals surface area contributed by atoms with Gasteiger partial charge in [-0.15, -0.1) is 0 Å². The number of aryl methyl sites for hydroxylation is 2. The monoisotopic (exact) mass is 738 g/mol. The number of hydrogen-bond acceptors (Lipinski definition) is 9. The second kappa shape index (κ2) is 20.7. The van der Waals surface area contributed by atoms with Crippen LogP contribution in [0.15, 0.2) is 94.7 Å². The third kappa shape index (κ3) is 14.9. The van der Waals surface area contributed by atoms with Crippen LogP contribution in [0.5, 0.6) is 34.5 Å². The van der Waals surface area contributed by atoms with Gasteiger partial charge in [-0.1, -0.05) is 82.4 Å². The van der Waals surface area contributed by atoms with Crippen LogP contribution in [0.2, 0.25) is 0 Å². The van der Waals surface area contributed by atoms with Crippen molar-refractivity contribution < 1.29 is 45.6 Å². The fraction of sp³-hybridized carbons (Fsp3) is 0.333. The predicted molar refractivity (Wildman–Crippen MR) is 186 cm³/mol. The van der Waals surface area contributed by atoms with Gasteiger partial charge in [-0.2, -0.15) is 8.42 Å². The predicted octanol–water partition coefficient (Wildman–Crippen LogP) is 7.75. The molecular weight excluding hydrogens is 697 g/mol. The first-order valence-electron chi connectivity index (χ1n) is 15.9. The maximum Gasteiger partial charge on any atom is 2.00 e. The summed E-state index contributed by atoms with van der Waals surface area (Å²) < 4.78 is 75.0. The zero-order chi connectivity index (χ0) is 35.2. The minimum Gasteiger partial charge on any atom is -0.870 e. The number of rotatable bonds is 16. The third-order valence-electron chi connectivity index (χ3n) is 7.32. The SMILES string of the molecule is CCCCCCc1cccc(Oc2ccc(S(=O)(=O)O)cc2O)c1.CCCCCCc1cccc(Oc2ccc(S(=O)(=O)[O-])cc2[O-])c1.[Ca+2]. The molecular formula is C36H42CaO10S2. The largest absolute Gasteiger partial charge is 2.00 e. The quantitative estimate of drug-likeness (QED) is 0.0657. The van der Waals surface area contributed by atoms with Crippen molar-refractivity contribution in [2.45, 2.75) is 87.8 Å². The van der Waals surface area contributed by atoms with Crippen molar-refractivity contribution in [2.24, 2.45) is 0 Å². The van der Waals surface area contributed by atoms with Gasteiger partial charge in [0.05, 0.1) is 9.79 Å². The van der Waals surface area contributed by atoms with Crippen LogP contribution in [0.25, 0.3) is 0 Å². The summed E-state index contributed by atoms with van der Waals surface area (Å²) in [5.41, 5.74) is 2.27. The Kier molecular flexibility index (Phi) is 17.9. The summed E-state index contributed by atoms with van der Waals surface area (Å²) in [7, 11) is -8.99. The summed E-state index contributed by atoms with van der Waals surface area (Å²) in [6.07, 6.45) is 11.3. The smallest absolute Gasteiger partial charge is 0.870 e. The molecule has 0 unspecified atom stereocenters. The average molecular weight is 739 g/mol. The molecule has 0 aromatic heterocycles. The summed E-state index contributed by atoms with van der Waals surface area (Å²) in [5, 5.41) is 21.8. The van der Waals surface area contributed by atoms with Crippen LogP contribution in [0.3, 0.4) is 0 Å². The number of ether oxygens (including phenoxy) is 2. The van der Waals surface area contributed by atoms with E-state index in [1.807, 2.05) is 36.4 Å². The molecule has 260 valence electrons. The Bertz CT molecular complexity index is 1710. The van der Waals surface area contributed by atoms with Crippen LogP contribution in [-0.2, 0) is 33.1 Å². The van der Waals surface area contributed by atoms with Crippen molar-refractivity contribution in [3.8, 4) is 34.5 Å². The van der Waals surface area contributed by atoms with Crippen molar-refractivity contribution in [1.82, 2.24) is 0 Å². The zero-order valence-electron chi connectivity index (χ0n) is 27.8. The second-order valence-corrected chi connectivity index (χ2v) is 14.1. The normalized spacial score (nSPS) is 11.2. The number of unbranched alkanes of at least 4 members (excludes halogenated alkanes) is 6. The molecule has 0 fully saturated rings. The summed E-state index contributed by atoms with van der Waals surface area (Å²) in [6, 6.07) is 21.6. The number of benzene rings is 4. The Morgan fingerprint density at radius 1 is 0.633 bits per heavy atom. The fourth-order valence-corrected chi connectivity index (χ4v) is 5.75. The van der Waals surface area contributed by atoms with Gasteiger partial charge in [0.2, 0.25) is 0 Å². The van der Waals surface area contributed by atoms with Gasteiger partial charge in [-0.3, -0.25) is 4.55 Å². The molecule has 0 radical (unpaired) electrons. The average Bonchev–Trinajstić information content (AvgIpc) is 3.03. The summed E-state index contributed by atoms with van der Waals surface area (Å²) >= 11 is 0. The first-order chi connectivity index (χ1) is 22.8. The van der Waals surface area contributed by atoms with Gasteiger partial charge in [-0.05, 0) is 91.4 Å². The van der Waals surface area contributed by atoms with Gasteiger partial charge in [0.25, 0.3) is 10.1 Å². The van der Waals surface area contributed by atoms with Crippen molar-refractivity contribution in [3.63, 3.8) is 0 Å². The molecule has 4 rings (SSSR count). The van der Waals surface area contributed by atoms with E-state index in [1.54, 1.807) is 12.1 Å². The van der Waals surface area contributed by atoms with Gasteiger partial charge in [-0.25, -0.2) is 8.42 Å². The van der Waals surface area contributed by atoms with Crippen LogP contribution in [0.1, 0.15) is 76.3 Å². The van der Waals surface area contributed by atoms with Crippen LogP contribution >= 0.6 is 0 Å². The molecule has 0 amide bonds. The molecule has 0 spiro atoms. The van der Waals surface area contributed by atoms with E-state index in [4.69, 9.17) is 14.0 Å². The maximum absolute atomic E-state index is 11.9. The summed E-state index contributed by atoms with van der Waals surface area (Å²) in [5.74, 6) is 0.213. The van der Waals surface area contributed by atoms with E-state index >= 15 is 0 Å². The van der Waals surface area contributed by atoms with Gasteiger partial charge in [0.1, 0.15) is 27.4 Å². The second-order valence-electron chi connectivity index (χ2n) is 11.3. The molecule has 4 aromatic carbocycles. The Morgan fingerprint density at radius 2 is 1.12 bits per heavy atom. The standard InChI is InChI=1S/2C18H22O5S.Ca/c2*1-2-3-4-5-7-14-8-6-9-15(12-14)23-18-11-10-16(13-17(18)19)24(20,21)22;/h2*6,8-13,19H,2-5,7H2,1H3,(H,20,21,22);/q;;+2/p-2. The van der Waals surface area contributed by atoms with Gasteiger partial charge in [0.15, 0.2) is 11.5 Å². The molecule has 0 saturated heterocycles. The van der Waals surface area contributed by atoms with E-state index < -0.39 is 30.9 Å². The number of phenolic OH excluding ortho intramolecular Hbond substituents is 1.